The smallest absolute Gasteiger partial charge is 0.214 e. The summed E-state index contributed by atoms with van der Waals surface area (Å²) in [6.07, 6.45) is 4.24. The van der Waals surface area contributed by atoms with Crippen molar-refractivity contribution >= 4 is 17.3 Å². The summed E-state index contributed by atoms with van der Waals surface area (Å²) in [5.41, 5.74) is 12.5. The molecule has 0 amide bonds. The number of rotatable bonds is 5. The van der Waals surface area contributed by atoms with Crippen molar-refractivity contribution in [1.82, 2.24) is 9.13 Å². The lowest BCUT2D eigenvalue weighted by atomic mass is 10.0. The van der Waals surface area contributed by atoms with Crippen LogP contribution in [0.4, 0.5) is 0 Å². The van der Waals surface area contributed by atoms with Gasteiger partial charge in [-0.25, -0.2) is 4.99 Å². The number of aryl methyl sites for hydroxylation is 6. The molecule has 1 aromatic heterocycles. The number of aliphatic imine (C=N–C) groups is 1. The molecule has 4 aromatic rings. The van der Waals surface area contributed by atoms with Gasteiger partial charge in [-0.2, -0.15) is 0 Å². The second-order valence-electron chi connectivity index (χ2n) is 9.33. The molecule has 4 rings (SSSR count). The van der Waals surface area contributed by atoms with E-state index in [0.717, 1.165) is 28.3 Å². The van der Waals surface area contributed by atoms with Crippen LogP contribution in [0.5, 0.6) is 0 Å². The fourth-order valence-electron chi connectivity index (χ4n) is 5.07. The van der Waals surface area contributed by atoms with Crippen LogP contribution in [0, 0.1) is 41.5 Å². The number of aromatic nitrogens is 2. The Balaban J connectivity index is 1.95. The predicted molar refractivity (Wildman–Crippen MR) is 148 cm³/mol. The Labute approximate surface area is 213 Å². The van der Waals surface area contributed by atoms with Crippen LogP contribution in [0.15, 0.2) is 70.9 Å². The van der Waals surface area contributed by atoms with Crippen LogP contribution in [-0.4, -0.2) is 28.4 Å². The Hall–Kier alpha value is -3.37. The normalized spacial score (nSPS) is 11.7. The highest BCUT2D eigenvalue weighted by Gasteiger charge is 2.14. The average molecular weight is 485 g/mol. The Kier molecular flexibility index (Phi) is 7.13. The van der Waals surface area contributed by atoms with Gasteiger partial charge in [0.25, 0.3) is 0 Å². The van der Waals surface area contributed by atoms with E-state index < -0.39 is 0 Å². The minimum atomic E-state index is 0.454. The van der Waals surface area contributed by atoms with E-state index in [0.29, 0.717) is 11.6 Å². The van der Waals surface area contributed by atoms with Crippen LogP contribution in [0.25, 0.3) is 11.4 Å². The monoisotopic (exact) mass is 484 g/mol. The average Bonchev–Trinajstić information content (AvgIpc) is 3.17. The van der Waals surface area contributed by atoms with E-state index in [1.165, 1.54) is 33.4 Å². The number of benzene rings is 3. The zero-order valence-corrected chi connectivity index (χ0v) is 22.4. The SMILES string of the molecule is CN=C(CN=c1n(-c2c(C)cc(C)cc2C)ccn1-c1c(C)cc(C)cc1C)c1ccc(Cl)cc1. The van der Waals surface area contributed by atoms with Gasteiger partial charge in [0.2, 0.25) is 5.62 Å². The molecular weight excluding hydrogens is 452 g/mol. The van der Waals surface area contributed by atoms with E-state index in [2.05, 4.69) is 92.3 Å². The Morgan fingerprint density at radius 2 is 1.14 bits per heavy atom. The highest BCUT2D eigenvalue weighted by atomic mass is 35.5. The number of nitrogens with zero attached hydrogens (tertiary/aromatic N) is 4. The Bertz CT molecular complexity index is 1360. The van der Waals surface area contributed by atoms with Crippen molar-refractivity contribution in [3.63, 3.8) is 0 Å². The minimum absolute atomic E-state index is 0.454. The molecule has 0 bridgehead atoms. The molecule has 0 saturated carbocycles. The zero-order valence-electron chi connectivity index (χ0n) is 21.6. The summed E-state index contributed by atoms with van der Waals surface area (Å²) in [6.45, 7) is 13.4. The standard InChI is InChI=1S/C30H33ClN4/c1-19-14-21(3)28(22(4)15-19)34-12-13-35(29-23(5)16-20(2)17-24(29)6)30(34)33-18-27(32-7)25-8-10-26(31)11-9-25/h8-17H,18H2,1-7H3. The summed E-state index contributed by atoms with van der Waals surface area (Å²) in [5, 5.41) is 0.712. The Morgan fingerprint density at radius 3 is 1.54 bits per heavy atom. The number of hydrogen-bond donors (Lipinski definition) is 0. The lowest BCUT2D eigenvalue weighted by molar-refractivity contribution is 0.828. The van der Waals surface area contributed by atoms with Gasteiger partial charge >= 0.3 is 0 Å². The van der Waals surface area contributed by atoms with Crippen molar-refractivity contribution in [2.45, 2.75) is 41.5 Å². The molecule has 0 unspecified atom stereocenters. The number of hydrogen-bond acceptors (Lipinski definition) is 2. The molecular formula is C30H33ClN4. The van der Waals surface area contributed by atoms with Crippen molar-refractivity contribution in [1.29, 1.82) is 0 Å². The predicted octanol–water partition coefficient (Wildman–Crippen LogP) is 6.79. The summed E-state index contributed by atoms with van der Waals surface area (Å²) in [7, 11) is 1.81. The molecule has 4 nitrogen and oxygen atoms in total. The van der Waals surface area contributed by atoms with Crippen molar-refractivity contribution < 1.29 is 0 Å². The van der Waals surface area contributed by atoms with Gasteiger partial charge in [0.05, 0.1) is 23.6 Å². The largest absolute Gasteiger partial charge is 0.290 e. The van der Waals surface area contributed by atoms with E-state index in [9.17, 15) is 0 Å². The van der Waals surface area contributed by atoms with Crippen LogP contribution in [-0.2, 0) is 0 Å². The lowest BCUT2D eigenvalue weighted by Gasteiger charge is -2.15. The van der Waals surface area contributed by atoms with Crippen LogP contribution in [0.1, 0.15) is 38.9 Å². The molecule has 0 saturated heterocycles. The van der Waals surface area contributed by atoms with Gasteiger partial charge in [-0.05, 0) is 81.5 Å². The first kappa shape index (κ1) is 24.7. The van der Waals surface area contributed by atoms with E-state index >= 15 is 0 Å². The van der Waals surface area contributed by atoms with Crippen molar-refractivity contribution in [3.05, 3.63) is 111 Å². The summed E-state index contributed by atoms with van der Waals surface area (Å²) in [4.78, 5) is 9.71. The van der Waals surface area contributed by atoms with E-state index in [4.69, 9.17) is 16.6 Å². The second-order valence-corrected chi connectivity index (χ2v) is 9.76. The molecule has 0 atom stereocenters. The molecule has 1 heterocycles. The fraction of sp³-hybridized carbons (Fsp3) is 0.267. The van der Waals surface area contributed by atoms with Gasteiger partial charge in [-0.3, -0.25) is 14.1 Å². The maximum atomic E-state index is 6.11. The van der Waals surface area contributed by atoms with Gasteiger partial charge in [-0.15, -0.1) is 0 Å². The summed E-state index contributed by atoms with van der Waals surface area (Å²) in [5.74, 6) is 0. The molecule has 180 valence electrons. The van der Waals surface area contributed by atoms with Crippen molar-refractivity contribution in [2.24, 2.45) is 9.98 Å². The summed E-state index contributed by atoms with van der Waals surface area (Å²) < 4.78 is 4.41. The first-order valence-corrected chi connectivity index (χ1v) is 12.3. The van der Waals surface area contributed by atoms with E-state index in [-0.39, 0.29) is 0 Å². The summed E-state index contributed by atoms with van der Waals surface area (Å²) >= 11 is 6.11. The highest BCUT2D eigenvalue weighted by Crippen LogP contribution is 2.23. The number of imidazole rings is 1. The lowest BCUT2D eigenvalue weighted by Crippen LogP contribution is -2.27. The van der Waals surface area contributed by atoms with Gasteiger partial charge < -0.3 is 0 Å². The van der Waals surface area contributed by atoms with Gasteiger partial charge in [0.15, 0.2) is 0 Å². The van der Waals surface area contributed by atoms with Crippen LogP contribution >= 0.6 is 11.6 Å². The first-order chi connectivity index (χ1) is 16.7. The highest BCUT2D eigenvalue weighted by molar-refractivity contribution is 6.30. The van der Waals surface area contributed by atoms with Gasteiger partial charge in [0, 0.05) is 24.5 Å². The third-order valence-electron chi connectivity index (χ3n) is 6.37. The van der Waals surface area contributed by atoms with Crippen LogP contribution < -0.4 is 5.62 Å². The molecule has 0 spiro atoms. The molecule has 0 aliphatic heterocycles. The maximum Gasteiger partial charge on any atom is 0.214 e. The van der Waals surface area contributed by atoms with Gasteiger partial charge in [-0.1, -0.05) is 59.1 Å². The molecule has 3 aromatic carbocycles. The van der Waals surface area contributed by atoms with E-state index in [1.807, 2.05) is 31.3 Å². The third-order valence-corrected chi connectivity index (χ3v) is 6.62. The molecule has 35 heavy (non-hydrogen) atoms. The fourth-order valence-corrected chi connectivity index (χ4v) is 5.19. The molecule has 0 radical (unpaired) electrons. The van der Waals surface area contributed by atoms with Gasteiger partial charge in [0.1, 0.15) is 0 Å². The molecule has 0 N–H and O–H groups in total. The number of halogens is 1. The van der Waals surface area contributed by atoms with E-state index in [1.54, 1.807) is 0 Å². The van der Waals surface area contributed by atoms with Crippen LogP contribution in [0.2, 0.25) is 5.02 Å². The van der Waals surface area contributed by atoms with Crippen LogP contribution in [0.3, 0.4) is 0 Å². The first-order valence-electron chi connectivity index (χ1n) is 11.9. The molecule has 0 aliphatic carbocycles. The molecule has 0 aliphatic rings. The minimum Gasteiger partial charge on any atom is -0.290 e. The molecule has 5 heteroatoms. The molecule has 0 fully saturated rings. The topological polar surface area (TPSA) is 34.6 Å². The van der Waals surface area contributed by atoms with Crippen molar-refractivity contribution in [3.8, 4) is 11.4 Å². The maximum absolute atomic E-state index is 6.11. The zero-order chi connectivity index (χ0) is 25.3. The Morgan fingerprint density at radius 1 is 0.714 bits per heavy atom. The second kappa shape index (κ2) is 10.1. The summed E-state index contributed by atoms with van der Waals surface area (Å²) in [6, 6.07) is 16.7. The third kappa shape index (κ3) is 5.03. The van der Waals surface area contributed by atoms with Crippen molar-refractivity contribution in [2.75, 3.05) is 13.6 Å². The quantitative estimate of drug-likeness (QED) is 0.279.